The molecule has 0 fully saturated rings. The van der Waals surface area contributed by atoms with Gasteiger partial charge in [0.2, 0.25) is 11.5 Å². The SMILES string of the molecule is CC(=O)Oc1c(NS(=O)(=O)c2ccccc2)oc(-c2ccc(F)cc2F)c1O. The van der Waals surface area contributed by atoms with Gasteiger partial charge in [-0.15, -0.1) is 0 Å². The zero-order valence-electron chi connectivity index (χ0n) is 14.3. The van der Waals surface area contributed by atoms with Crippen molar-refractivity contribution in [2.24, 2.45) is 0 Å². The van der Waals surface area contributed by atoms with Crippen molar-refractivity contribution in [1.29, 1.82) is 0 Å². The fourth-order valence-corrected chi connectivity index (χ4v) is 3.36. The number of hydrogen-bond donors (Lipinski definition) is 2. The first-order valence-electron chi connectivity index (χ1n) is 7.76. The van der Waals surface area contributed by atoms with Gasteiger partial charge in [0.15, 0.2) is 5.76 Å². The van der Waals surface area contributed by atoms with E-state index < -0.39 is 50.8 Å². The van der Waals surface area contributed by atoms with E-state index in [4.69, 9.17) is 9.15 Å². The van der Waals surface area contributed by atoms with Crippen molar-refractivity contribution in [2.45, 2.75) is 11.8 Å². The Labute approximate surface area is 158 Å². The largest absolute Gasteiger partial charge is 0.502 e. The predicted molar refractivity (Wildman–Crippen MR) is 94.3 cm³/mol. The van der Waals surface area contributed by atoms with Gasteiger partial charge in [-0.1, -0.05) is 18.2 Å². The molecule has 0 amide bonds. The second kappa shape index (κ2) is 7.31. The molecule has 2 aromatic carbocycles. The number of sulfonamides is 1. The Morgan fingerprint density at radius 3 is 2.43 bits per heavy atom. The average Bonchev–Trinajstić information content (AvgIpc) is 2.91. The Morgan fingerprint density at radius 2 is 1.82 bits per heavy atom. The number of nitrogens with one attached hydrogen (secondary N) is 1. The van der Waals surface area contributed by atoms with Crippen LogP contribution in [-0.4, -0.2) is 19.5 Å². The smallest absolute Gasteiger partial charge is 0.308 e. The number of carbonyl (C=O) groups is 1. The van der Waals surface area contributed by atoms with E-state index in [-0.39, 0.29) is 10.5 Å². The fourth-order valence-electron chi connectivity index (χ4n) is 2.35. The standard InChI is InChI=1S/C18H13F2NO6S/c1-10(22)26-17-15(23)16(13-8-7-11(19)9-14(13)20)27-18(17)21-28(24,25)12-5-3-2-4-6-12/h2-9,21,23H,1H3. The molecule has 146 valence electrons. The van der Waals surface area contributed by atoms with Crippen LogP contribution in [0.15, 0.2) is 57.8 Å². The molecule has 1 aromatic heterocycles. The van der Waals surface area contributed by atoms with Crippen LogP contribution in [-0.2, 0) is 14.8 Å². The van der Waals surface area contributed by atoms with E-state index in [0.29, 0.717) is 6.07 Å². The molecule has 3 aromatic rings. The summed E-state index contributed by atoms with van der Waals surface area (Å²) in [4.78, 5) is 11.2. The first-order chi connectivity index (χ1) is 13.2. The zero-order valence-corrected chi connectivity index (χ0v) is 15.1. The van der Waals surface area contributed by atoms with E-state index in [1.165, 1.54) is 24.3 Å². The summed E-state index contributed by atoms with van der Waals surface area (Å²) in [5.41, 5.74) is -0.363. The number of anilines is 1. The second-order valence-corrected chi connectivity index (χ2v) is 7.26. The minimum absolute atomic E-state index is 0.130. The molecule has 3 rings (SSSR count). The van der Waals surface area contributed by atoms with Crippen LogP contribution in [0, 0.1) is 11.6 Å². The van der Waals surface area contributed by atoms with E-state index >= 15 is 0 Å². The van der Waals surface area contributed by atoms with Crippen LogP contribution < -0.4 is 9.46 Å². The molecule has 10 heteroatoms. The van der Waals surface area contributed by atoms with Gasteiger partial charge in [0.1, 0.15) is 11.6 Å². The minimum atomic E-state index is -4.17. The van der Waals surface area contributed by atoms with E-state index in [2.05, 4.69) is 0 Å². The third kappa shape index (κ3) is 3.81. The Bertz CT molecular complexity index is 1140. The van der Waals surface area contributed by atoms with Gasteiger partial charge in [-0.3, -0.25) is 4.79 Å². The number of hydrogen-bond acceptors (Lipinski definition) is 6. The van der Waals surface area contributed by atoms with Crippen molar-refractivity contribution in [3.05, 3.63) is 60.2 Å². The maximum atomic E-state index is 14.1. The first kappa shape index (κ1) is 19.4. The number of ether oxygens (including phenoxy) is 1. The Kier molecular flexibility index (Phi) is 5.06. The molecule has 0 aliphatic carbocycles. The van der Waals surface area contributed by atoms with Crippen molar-refractivity contribution in [3.63, 3.8) is 0 Å². The lowest BCUT2D eigenvalue weighted by molar-refractivity contribution is -0.131. The van der Waals surface area contributed by atoms with Crippen LogP contribution in [0.4, 0.5) is 14.7 Å². The summed E-state index contributed by atoms with van der Waals surface area (Å²) in [5, 5.41) is 10.3. The minimum Gasteiger partial charge on any atom is -0.502 e. The van der Waals surface area contributed by atoms with Gasteiger partial charge in [-0.05, 0) is 24.3 Å². The Morgan fingerprint density at radius 1 is 1.14 bits per heavy atom. The maximum Gasteiger partial charge on any atom is 0.308 e. The molecule has 0 spiro atoms. The highest BCUT2D eigenvalue weighted by Crippen LogP contribution is 2.47. The van der Waals surface area contributed by atoms with Crippen LogP contribution in [0.5, 0.6) is 11.5 Å². The lowest BCUT2D eigenvalue weighted by Gasteiger charge is -2.07. The molecule has 0 aliphatic rings. The van der Waals surface area contributed by atoms with Crippen LogP contribution >= 0.6 is 0 Å². The summed E-state index contributed by atoms with van der Waals surface area (Å²) in [6.45, 7) is 1.01. The number of carbonyl (C=O) groups excluding carboxylic acids is 1. The normalized spacial score (nSPS) is 11.2. The lowest BCUT2D eigenvalue weighted by atomic mass is 10.1. The predicted octanol–water partition coefficient (Wildman–Crippen LogP) is 3.66. The molecular weight excluding hydrogens is 396 g/mol. The van der Waals surface area contributed by atoms with Crippen LogP contribution in [0.25, 0.3) is 11.3 Å². The highest BCUT2D eigenvalue weighted by Gasteiger charge is 2.29. The van der Waals surface area contributed by atoms with Gasteiger partial charge in [0.25, 0.3) is 15.9 Å². The number of furan rings is 1. The molecule has 0 saturated carbocycles. The van der Waals surface area contributed by atoms with Crippen LogP contribution in [0.3, 0.4) is 0 Å². The molecule has 0 radical (unpaired) electrons. The zero-order chi connectivity index (χ0) is 20.5. The molecule has 28 heavy (non-hydrogen) atoms. The van der Waals surface area contributed by atoms with Crippen molar-refractivity contribution < 1.29 is 36.3 Å². The Hall–Kier alpha value is -3.40. The quantitative estimate of drug-likeness (QED) is 0.623. The third-order valence-corrected chi connectivity index (χ3v) is 4.89. The average molecular weight is 409 g/mol. The molecule has 7 nitrogen and oxygen atoms in total. The second-order valence-electron chi connectivity index (χ2n) is 5.57. The molecule has 0 unspecified atom stereocenters. The van der Waals surface area contributed by atoms with E-state index in [1.807, 2.05) is 4.72 Å². The summed E-state index contributed by atoms with van der Waals surface area (Å²) >= 11 is 0. The number of halogens is 2. The summed E-state index contributed by atoms with van der Waals surface area (Å²) < 4.78 is 64.3. The fraction of sp³-hybridized carbons (Fsp3) is 0.0556. The van der Waals surface area contributed by atoms with Gasteiger partial charge in [-0.2, -0.15) is 0 Å². The summed E-state index contributed by atoms with van der Waals surface area (Å²) in [6, 6.07) is 9.64. The lowest BCUT2D eigenvalue weighted by Crippen LogP contribution is -2.13. The summed E-state index contributed by atoms with van der Waals surface area (Å²) in [6.07, 6.45) is 0. The summed E-state index contributed by atoms with van der Waals surface area (Å²) in [5.74, 6) is -5.48. The van der Waals surface area contributed by atoms with Crippen molar-refractivity contribution in [1.82, 2.24) is 0 Å². The van der Waals surface area contributed by atoms with E-state index in [1.54, 1.807) is 6.07 Å². The molecule has 0 atom stereocenters. The van der Waals surface area contributed by atoms with Crippen molar-refractivity contribution in [3.8, 4) is 22.8 Å². The summed E-state index contributed by atoms with van der Waals surface area (Å²) in [7, 11) is -4.17. The molecule has 2 N–H and O–H groups in total. The van der Waals surface area contributed by atoms with Crippen LogP contribution in [0.2, 0.25) is 0 Å². The number of aromatic hydroxyl groups is 1. The molecule has 0 saturated heterocycles. The van der Waals surface area contributed by atoms with Gasteiger partial charge in [0, 0.05) is 13.0 Å². The number of rotatable bonds is 5. The molecule has 0 bridgehead atoms. The molecule has 1 heterocycles. The molecular formula is C18H13F2NO6S. The topological polar surface area (TPSA) is 106 Å². The van der Waals surface area contributed by atoms with Crippen molar-refractivity contribution in [2.75, 3.05) is 4.72 Å². The Balaban J connectivity index is 2.11. The highest BCUT2D eigenvalue weighted by molar-refractivity contribution is 7.92. The van der Waals surface area contributed by atoms with Crippen molar-refractivity contribution >= 4 is 21.9 Å². The monoisotopic (exact) mass is 409 g/mol. The van der Waals surface area contributed by atoms with E-state index in [9.17, 15) is 27.1 Å². The van der Waals surface area contributed by atoms with Gasteiger partial charge >= 0.3 is 5.97 Å². The number of benzene rings is 2. The van der Waals surface area contributed by atoms with Gasteiger partial charge in [0.05, 0.1) is 10.5 Å². The van der Waals surface area contributed by atoms with Gasteiger partial charge in [-0.25, -0.2) is 21.9 Å². The first-order valence-corrected chi connectivity index (χ1v) is 9.25. The van der Waals surface area contributed by atoms with Crippen LogP contribution in [0.1, 0.15) is 6.92 Å². The third-order valence-electron chi connectivity index (χ3n) is 3.54. The molecule has 0 aliphatic heterocycles. The van der Waals surface area contributed by atoms with E-state index in [0.717, 1.165) is 19.1 Å². The number of esters is 1. The highest BCUT2D eigenvalue weighted by atomic mass is 32.2. The maximum absolute atomic E-state index is 14.1. The van der Waals surface area contributed by atoms with Gasteiger partial charge < -0.3 is 14.3 Å².